The van der Waals surface area contributed by atoms with E-state index in [1.54, 1.807) is 0 Å². The molecule has 0 bridgehead atoms. The molecule has 3 aliphatic rings. The highest BCUT2D eigenvalue weighted by molar-refractivity contribution is 5.03. The molecular weight excluding hydrogens is 148 g/mol. The maximum Gasteiger partial charge on any atom is 0.0609 e. The molecule has 1 nitrogen and oxygen atoms in total. The minimum Gasteiger partial charge on any atom is -0.378 e. The Morgan fingerprint density at radius 3 is 2.17 bits per heavy atom. The Bertz CT molecular complexity index is 160. The fraction of sp³-hybridized carbons (Fsp3) is 1.00. The summed E-state index contributed by atoms with van der Waals surface area (Å²) in [6, 6.07) is 0. The average Bonchev–Trinajstić information content (AvgIpc) is 2.58. The van der Waals surface area contributed by atoms with Gasteiger partial charge in [0, 0.05) is 6.61 Å². The molecule has 0 aromatic carbocycles. The van der Waals surface area contributed by atoms with Crippen molar-refractivity contribution < 1.29 is 4.74 Å². The van der Waals surface area contributed by atoms with Crippen LogP contribution in [-0.2, 0) is 4.74 Å². The highest BCUT2D eigenvalue weighted by Gasteiger charge is 2.54. The van der Waals surface area contributed by atoms with Gasteiger partial charge < -0.3 is 4.74 Å². The summed E-state index contributed by atoms with van der Waals surface area (Å²) >= 11 is 0. The van der Waals surface area contributed by atoms with E-state index < -0.39 is 0 Å². The maximum atomic E-state index is 5.77. The molecule has 2 saturated carbocycles. The molecule has 68 valence electrons. The lowest BCUT2D eigenvalue weighted by molar-refractivity contribution is 0.0865. The number of hydrogen-bond donors (Lipinski definition) is 0. The van der Waals surface area contributed by atoms with E-state index in [2.05, 4.69) is 0 Å². The highest BCUT2D eigenvalue weighted by Crippen LogP contribution is 2.58. The highest BCUT2D eigenvalue weighted by atomic mass is 16.5. The Labute approximate surface area is 74.5 Å². The summed E-state index contributed by atoms with van der Waals surface area (Å²) in [6.07, 6.45) is 9.36. The van der Waals surface area contributed by atoms with Crippen LogP contribution in [0, 0.1) is 17.8 Å². The van der Waals surface area contributed by atoms with Crippen LogP contribution in [0.2, 0.25) is 0 Å². The first kappa shape index (κ1) is 7.37. The van der Waals surface area contributed by atoms with Crippen molar-refractivity contribution in [1.82, 2.24) is 0 Å². The van der Waals surface area contributed by atoms with Crippen LogP contribution in [0.1, 0.15) is 38.5 Å². The van der Waals surface area contributed by atoms with Crippen molar-refractivity contribution in [2.45, 2.75) is 44.6 Å². The molecule has 1 heteroatoms. The molecule has 3 fully saturated rings. The topological polar surface area (TPSA) is 9.23 Å². The second-order valence-corrected chi connectivity index (χ2v) is 4.74. The maximum absolute atomic E-state index is 5.77. The van der Waals surface area contributed by atoms with Crippen molar-refractivity contribution in [1.29, 1.82) is 0 Å². The van der Waals surface area contributed by atoms with Crippen LogP contribution in [-0.4, -0.2) is 12.7 Å². The zero-order chi connectivity index (χ0) is 7.97. The van der Waals surface area contributed by atoms with Crippen LogP contribution in [0.25, 0.3) is 0 Å². The van der Waals surface area contributed by atoms with Gasteiger partial charge in [-0.3, -0.25) is 0 Å². The third-order valence-electron chi connectivity index (χ3n) is 4.12. The van der Waals surface area contributed by atoms with Gasteiger partial charge in [-0.2, -0.15) is 0 Å². The normalized spacial score (nSPS) is 52.0. The Hall–Kier alpha value is -0.0400. The van der Waals surface area contributed by atoms with Crippen LogP contribution in [0.15, 0.2) is 0 Å². The summed E-state index contributed by atoms with van der Waals surface area (Å²) in [7, 11) is 0. The number of fused-ring (bicyclic) bond motifs is 1. The summed E-state index contributed by atoms with van der Waals surface area (Å²) in [5, 5.41) is 0. The zero-order valence-corrected chi connectivity index (χ0v) is 7.67. The van der Waals surface area contributed by atoms with Crippen LogP contribution in [0.4, 0.5) is 0 Å². The Balaban J connectivity index is 1.64. The Kier molecular flexibility index (Phi) is 1.68. The second-order valence-electron chi connectivity index (χ2n) is 4.74. The first-order valence-electron chi connectivity index (χ1n) is 5.58. The van der Waals surface area contributed by atoms with Crippen LogP contribution >= 0.6 is 0 Å². The lowest BCUT2D eigenvalue weighted by Crippen LogP contribution is -2.09. The summed E-state index contributed by atoms with van der Waals surface area (Å²) < 4.78 is 5.77. The molecule has 0 aromatic rings. The molecular formula is C11H18O. The molecule has 2 aliphatic carbocycles. The van der Waals surface area contributed by atoms with Gasteiger partial charge in [0.15, 0.2) is 0 Å². The average molecular weight is 166 g/mol. The van der Waals surface area contributed by atoms with Gasteiger partial charge in [-0.15, -0.1) is 0 Å². The molecule has 0 amide bonds. The SMILES string of the molecule is C1COC(C2C3CCCCC32)C1. The fourth-order valence-corrected chi connectivity index (χ4v) is 3.51. The molecule has 1 heterocycles. The van der Waals surface area contributed by atoms with Crippen molar-refractivity contribution in [2.75, 3.05) is 6.61 Å². The molecule has 0 N–H and O–H groups in total. The summed E-state index contributed by atoms with van der Waals surface area (Å²) in [5.74, 6) is 3.17. The van der Waals surface area contributed by atoms with E-state index in [0.717, 1.165) is 24.4 Å². The van der Waals surface area contributed by atoms with Gasteiger partial charge in [0.2, 0.25) is 0 Å². The first-order chi connectivity index (χ1) is 5.97. The lowest BCUT2D eigenvalue weighted by Gasteiger charge is -2.07. The predicted octanol–water partition coefficient (Wildman–Crippen LogP) is 2.60. The fourth-order valence-electron chi connectivity index (χ4n) is 3.51. The molecule has 0 aromatic heterocycles. The summed E-state index contributed by atoms with van der Waals surface area (Å²) in [5.41, 5.74) is 0. The van der Waals surface area contributed by atoms with Crippen molar-refractivity contribution in [2.24, 2.45) is 17.8 Å². The summed E-state index contributed by atoms with van der Waals surface area (Å²) in [6.45, 7) is 1.04. The minimum atomic E-state index is 0.679. The third-order valence-corrected chi connectivity index (χ3v) is 4.12. The molecule has 0 spiro atoms. The van der Waals surface area contributed by atoms with E-state index in [-0.39, 0.29) is 0 Å². The van der Waals surface area contributed by atoms with E-state index in [1.807, 2.05) is 0 Å². The first-order valence-corrected chi connectivity index (χ1v) is 5.58. The van der Waals surface area contributed by atoms with E-state index in [9.17, 15) is 0 Å². The van der Waals surface area contributed by atoms with Gasteiger partial charge in [-0.25, -0.2) is 0 Å². The van der Waals surface area contributed by atoms with Gasteiger partial charge in [0.25, 0.3) is 0 Å². The predicted molar refractivity (Wildman–Crippen MR) is 47.9 cm³/mol. The van der Waals surface area contributed by atoms with Crippen molar-refractivity contribution in [3.05, 3.63) is 0 Å². The van der Waals surface area contributed by atoms with Crippen LogP contribution < -0.4 is 0 Å². The van der Waals surface area contributed by atoms with Gasteiger partial charge in [0.05, 0.1) is 6.10 Å². The molecule has 3 atom stereocenters. The van der Waals surface area contributed by atoms with E-state index in [0.29, 0.717) is 6.10 Å². The van der Waals surface area contributed by atoms with Gasteiger partial charge >= 0.3 is 0 Å². The monoisotopic (exact) mass is 166 g/mol. The third kappa shape index (κ3) is 1.02. The van der Waals surface area contributed by atoms with Gasteiger partial charge in [-0.05, 0) is 43.4 Å². The van der Waals surface area contributed by atoms with Crippen molar-refractivity contribution in [3.8, 4) is 0 Å². The van der Waals surface area contributed by atoms with Crippen LogP contribution in [0.5, 0.6) is 0 Å². The quantitative estimate of drug-likeness (QED) is 0.582. The Morgan fingerprint density at radius 1 is 0.833 bits per heavy atom. The molecule has 3 unspecified atom stereocenters. The van der Waals surface area contributed by atoms with Gasteiger partial charge in [0.1, 0.15) is 0 Å². The molecule has 12 heavy (non-hydrogen) atoms. The molecule has 3 rings (SSSR count). The smallest absolute Gasteiger partial charge is 0.0609 e. The molecule has 1 saturated heterocycles. The number of hydrogen-bond acceptors (Lipinski definition) is 1. The van der Waals surface area contributed by atoms with Crippen LogP contribution in [0.3, 0.4) is 0 Å². The largest absolute Gasteiger partial charge is 0.378 e. The Morgan fingerprint density at radius 2 is 1.58 bits per heavy atom. The van der Waals surface area contributed by atoms with Crippen molar-refractivity contribution >= 4 is 0 Å². The molecule has 1 aliphatic heterocycles. The number of ether oxygens (including phenoxy) is 1. The van der Waals surface area contributed by atoms with Crippen molar-refractivity contribution in [3.63, 3.8) is 0 Å². The standard InChI is InChI=1S/C11H18O/c1-2-5-9-8(4-1)11(9)10-6-3-7-12-10/h8-11H,1-7H2. The zero-order valence-electron chi connectivity index (χ0n) is 7.67. The summed E-state index contributed by atoms with van der Waals surface area (Å²) in [4.78, 5) is 0. The molecule has 0 radical (unpaired) electrons. The van der Waals surface area contributed by atoms with Gasteiger partial charge in [-0.1, -0.05) is 12.8 Å². The second kappa shape index (κ2) is 2.73. The number of rotatable bonds is 1. The van der Waals surface area contributed by atoms with E-state index >= 15 is 0 Å². The minimum absolute atomic E-state index is 0.679. The van der Waals surface area contributed by atoms with E-state index in [1.165, 1.54) is 38.5 Å². The lowest BCUT2D eigenvalue weighted by atomic mass is 10.0. The van der Waals surface area contributed by atoms with E-state index in [4.69, 9.17) is 4.74 Å².